The van der Waals surface area contributed by atoms with Crippen molar-refractivity contribution in [3.8, 4) is 11.5 Å². The summed E-state index contributed by atoms with van der Waals surface area (Å²) in [7, 11) is 0. The molecule has 0 aromatic heterocycles. The van der Waals surface area contributed by atoms with Gasteiger partial charge >= 0.3 is 0 Å². The first-order chi connectivity index (χ1) is 16.8. The van der Waals surface area contributed by atoms with Gasteiger partial charge < -0.3 is 4.74 Å². The van der Waals surface area contributed by atoms with Gasteiger partial charge in [0.25, 0.3) is 0 Å². The van der Waals surface area contributed by atoms with Crippen LogP contribution in [-0.4, -0.2) is 5.80 Å². The first-order valence-electron chi connectivity index (χ1n) is 11.2. The number of ether oxygens (including phenoxy) is 1. The zero-order valence-corrected chi connectivity index (χ0v) is 19.5. The van der Waals surface area contributed by atoms with Crippen molar-refractivity contribution in [3.05, 3.63) is 151 Å². The van der Waals surface area contributed by atoms with Crippen LogP contribution in [0.5, 0.6) is 11.5 Å². The summed E-state index contributed by atoms with van der Waals surface area (Å²) in [6, 6.07) is 46.2. The van der Waals surface area contributed by atoms with E-state index in [2.05, 4.69) is 78.6 Å². The molecule has 0 saturated carbocycles. The van der Waals surface area contributed by atoms with E-state index in [0.29, 0.717) is 5.75 Å². The minimum absolute atomic E-state index is 0.215. The number of rotatable bonds is 6. The van der Waals surface area contributed by atoms with Gasteiger partial charge in [-0.25, -0.2) is 4.39 Å². The van der Waals surface area contributed by atoms with Crippen LogP contribution in [0.25, 0.3) is 0 Å². The van der Waals surface area contributed by atoms with Gasteiger partial charge in [0.15, 0.2) is 11.6 Å². The third-order valence-corrected chi connectivity index (χ3v) is 9.78. The van der Waals surface area contributed by atoms with Crippen molar-refractivity contribution in [3.63, 3.8) is 0 Å². The second-order valence-electron chi connectivity index (χ2n) is 7.96. The average molecular weight is 463 g/mol. The Bertz CT molecular complexity index is 1310. The van der Waals surface area contributed by atoms with E-state index in [1.807, 2.05) is 54.6 Å². The van der Waals surface area contributed by atoms with Gasteiger partial charge in [-0.15, -0.1) is 0 Å². The molecular formula is C31H24FOP. The van der Waals surface area contributed by atoms with Gasteiger partial charge in [-0.05, 0) is 58.4 Å². The molecule has 0 atom stereocenters. The molecule has 34 heavy (non-hydrogen) atoms. The fraction of sp³-hybridized carbons (Fsp3) is 0. The van der Waals surface area contributed by atoms with E-state index in [1.165, 1.54) is 22.0 Å². The van der Waals surface area contributed by atoms with E-state index < -0.39 is 6.89 Å². The Morgan fingerprint density at radius 3 is 1.44 bits per heavy atom. The van der Waals surface area contributed by atoms with Crippen LogP contribution in [-0.2, 0) is 0 Å². The summed E-state index contributed by atoms with van der Waals surface area (Å²) >= 11 is 0. The predicted molar refractivity (Wildman–Crippen MR) is 143 cm³/mol. The van der Waals surface area contributed by atoms with Crippen LogP contribution in [0.2, 0.25) is 0 Å². The minimum atomic E-state index is -2.20. The lowest BCUT2D eigenvalue weighted by molar-refractivity contribution is 0.442. The molecule has 5 rings (SSSR count). The first kappa shape index (κ1) is 21.9. The molecule has 5 aromatic rings. The molecule has 0 heterocycles. The maximum atomic E-state index is 14.7. The zero-order chi connectivity index (χ0) is 23.2. The van der Waals surface area contributed by atoms with E-state index in [1.54, 1.807) is 6.07 Å². The lowest BCUT2D eigenvalue weighted by atomic mass is 10.2. The van der Waals surface area contributed by atoms with Gasteiger partial charge in [0, 0.05) is 0 Å². The van der Waals surface area contributed by atoms with Gasteiger partial charge in [-0.2, -0.15) is 0 Å². The summed E-state index contributed by atoms with van der Waals surface area (Å²) in [5.41, 5.74) is 0.914. The average Bonchev–Trinajstić information content (AvgIpc) is 2.91. The van der Waals surface area contributed by atoms with Crippen molar-refractivity contribution >= 4 is 28.6 Å². The quantitative estimate of drug-likeness (QED) is 0.253. The van der Waals surface area contributed by atoms with E-state index in [4.69, 9.17) is 4.74 Å². The van der Waals surface area contributed by atoms with Crippen LogP contribution in [0.3, 0.4) is 0 Å². The van der Waals surface area contributed by atoms with Gasteiger partial charge in [-0.3, -0.25) is 0 Å². The highest BCUT2D eigenvalue weighted by Crippen LogP contribution is 2.44. The molecule has 0 unspecified atom stereocenters. The van der Waals surface area contributed by atoms with E-state index in [0.717, 1.165) is 5.56 Å². The molecular weight excluding hydrogens is 438 g/mol. The lowest BCUT2D eigenvalue weighted by Crippen LogP contribution is -2.27. The Morgan fingerprint density at radius 2 is 0.971 bits per heavy atom. The van der Waals surface area contributed by atoms with Crippen molar-refractivity contribution in [2.75, 3.05) is 0 Å². The molecule has 0 aliphatic carbocycles. The predicted octanol–water partition coefficient (Wildman–Crippen LogP) is 6.76. The van der Waals surface area contributed by atoms with Crippen molar-refractivity contribution in [1.82, 2.24) is 0 Å². The summed E-state index contributed by atoms with van der Waals surface area (Å²) in [4.78, 5) is 0. The van der Waals surface area contributed by atoms with Gasteiger partial charge in [-0.1, -0.05) is 115 Å². The van der Waals surface area contributed by atoms with Gasteiger partial charge in [0.2, 0.25) is 0 Å². The second-order valence-corrected chi connectivity index (χ2v) is 11.2. The largest absolute Gasteiger partial charge is 0.454 e. The molecule has 0 aliphatic rings. The molecule has 0 aliphatic heterocycles. The zero-order valence-electron chi connectivity index (χ0n) is 18.6. The van der Waals surface area contributed by atoms with Crippen LogP contribution in [0.1, 0.15) is 5.56 Å². The summed E-state index contributed by atoms with van der Waals surface area (Å²) in [5.74, 6) is 2.75. The molecule has 0 saturated heterocycles. The SMILES string of the molecule is Fc1ccc(C=P(c2ccccc2)(c2ccccc2)c2ccccc2)cc1Oc1ccccc1. The van der Waals surface area contributed by atoms with Gasteiger partial charge in [0.05, 0.1) is 0 Å². The molecule has 0 bridgehead atoms. The fourth-order valence-corrected chi connectivity index (χ4v) is 8.05. The summed E-state index contributed by atoms with van der Waals surface area (Å²) < 4.78 is 20.6. The molecule has 0 radical (unpaired) electrons. The third kappa shape index (κ3) is 4.46. The number of hydrogen-bond donors (Lipinski definition) is 0. The Labute approximate surface area is 200 Å². The van der Waals surface area contributed by atoms with Crippen molar-refractivity contribution in [2.45, 2.75) is 0 Å². The van der Waals surface area contributed by atoms with Crippen molar-refractivity contribution < 1.29 is 9.13 Å². The fourth-order valence-electron chi connectivity index (χ4n) is 4.18. The maximum Gasteiger partial charge on any atom is 0.165 e. The number of para-hydroxylation sites is 1. The second kappa shape index (κ2) is 9.95. The van der Waals surface area contributed by atoms with Crippen molar-refractivity contribution in [1.29, 1.82) is 0 Å². The maximum absolute atomic E-state index is 14.7. The molecule has 0 fully saturated rings. The molecule has 0 amide bonds. The molecule has 166 valence electrons. The van der Waals surface area contributed by atoms with Crippen LogP contribution in [0, 0.1) is 5.82 Å². The Morgan fingerprint density at radius 1 is 0.529 bits per heavy atom. The Balaban J connectivity index is 1.76. The van der Waals surface area contributed by atoms with Crippen LogP contribution in [0.4, 0.5) is 4.39 Å². The standard InChI is InChI=1S/C31H24FOP/c32-30-22-21-25(23-31(30)33-26-13-5-1-6-14-26)24-34(27-15-7-2-8-16-27,28-17-9-3-10-18-28)29-19-11-4-12-20-29/h1-24H. The number of hydrogen-bond acceptors (Lipinski definition) is 1. The smallest absolute Gasteiger partial charge is 0.165 e. The van der Waals surface area contributed by atoms with Gasteiger partial charge in [0.1, 0.15) is 5.75 Å². The van der Waals surface area contributed by atoms with E-state index >= 15 is 0 Å². The van der Waals surface area contributed by atoms with Crippen LogP contribution in [0.15, 0.2) is 140 Å². The van der Waals surface area contributed by atoms with Crippen LogP contribution >= 0.6 is 6.89 Å². The highest BCUT2D eigenvalue weighted by atomic mass is 31.2. The summed E-state index contributed by atoms with van der Waals surface area (Å²) in [6.45, 7) is -2.20. The number of halogens is 1. The molecule has 5 aromatic carbocycles. The molecule has 1 nitrogen and oxygen atoms in total. The van der Waals surface area contributed by atoms with Crippen LogP contribution < -0.4 is 20.7 Å². The minimum Gasteiger partial charge on any atom is -0.454 e. The Kier molecular flexibility index (Phi) is 6.42. The van der Waals surface area contributed by atoms with Crippen molar-refractivity contribution in [2.24, 2.45) is 0 Å². The topological polar surface area (TPSA) is 9.23 Å². The molecule has 0 N–H and O–H groups in total. The highest BCUT2D eigenvalue weighted by Gasteiger charge is 2.25. The summed E-state index contributed by atoms with van der Waals surface area (Å²) in [6.07, 6.45) is 0. The Hall–Kier alpha value is -3.87. The molecule has 0 spiro atoms. The summed E-state index contributed by atoms with van der Waals surface area (Å²) in [5, 5.41) is 3.71. The number of benzene rings is 5. The lowest BCUT2D eigenvalue weighted by Gasteiger charge is -2.29. The highest BCUT2D eigenvalue weighted by molar-refractivity contribution is 7.94. The van der Waals surface area contributed by atoms with E-state index in [-0.39, 0.29) is 11.6 Å². The third-order valence-electron chi connectivity index (χ3n) is 5.76. The van der Waals surface area contributed by atoms with E-state index in [9.17, 15) is 4.39 Å². The normalized spacial score (nSPS) is 11.1. The molecule has 3 heteroatoms. The monoisotopic (exact) mass is 462 g/mol. The first-order valence-corrected chi connectivity index (χ1v) is 13.1.